The normalized spacial score (nSPS) is 19.7. The molecule has 364 valence electrons. The first-order chi connectivity index (χ1) is 31.2. The van der Waals surface area contributed by atoms with Crippen LogP contribution >= 0.6 is 12.4 Å². The number of nitrogens with one attached hydrogen (secondary N) is 1. The third-order valence-electron chi connectivity index (χ3n) is 12.7. The van der Waals surface area contributed by atoms with Crippen LogP contribution in [0.5, 0.6) is 0 Å². The van der Waals surface area contributed by atoms with Gasteiger partial charge in [0.15, 0.2) is 6.10 Å². The second-order valence-corrected chi connectivity index (χ2v) is 19.0. The zero-order valence-corrected chi connectivity index (χ0v) is 41.4. The number of morpholine rings is 2. The monoisotopic (exact) mass is 937 g/mol. The number of amides is 3. The van der Waals surface area contributed by atoms with Crippen molar-refractivity contribution < 1.29 is 38.1 Å². The van der Waals surface area contributed by atoms with Crippen molar-refractivity contribution in [1.29, 1.82) is 0 Å². The van der Waals surface area contributed by atoms with Crippen LogP contribution < -0.4 is 5.32 Å². The molecule has 16 nitrogen and oxygen atoms in total. The van der Waals surface area contributed by atoms with Crippen LogP contribution in [-0.4, -0.2) is 149 Å². The molecule has 4 fully saturated rings. The number of fused-ring (bicyclic) bond motifs is 2. The minimum atomic E-state index is -0.695. The van der Waals surface area contributed by atoms with Gasteiger partial charge in [0.1, 0.15) is 11.7 Å². The van der Waals surface area contributed by atoms with E-state index < -0.39 is 17.8 Å². The first-order valence-corrected chi connectivity index (χ1v) is 23.7. The Labute approximate surface area is 396 Å². The summed E-state index contributed by atoms with van der Waals surface area (Å²) in [4.78, 5) is 45.2. The predicted octanol–water partition coefficient (Wildman–Crippen LogP) is 6.91. The Morgan fingerprint density at radius 3 is 1.70 bits per heavy atom. The largest absolute Gasteiger partial charge is 0.444 e. The molecule has 1 N–H and O–H groups in total. The van der Waals surface area contributed by atoms with Crippen molar-refractivity contribution in [3.63, 3.8) is 0 Å². The lowest BCUT2D eigenvalue weighted by Gasteiger charge is -2.37. The Bertz CT molecular complexity index is 2260. The summed E-state index contributed by atoms with van der Waals surface area (Å²) in [6, 6.07) is 13.2. The summed E-state index contributed by atoms with van der Waals surface area (Å²) in [5.74, 6) is 0.0419. The summed E-state index contributed by atoms with van der Waals surface area (Å²) < 4.78 is 31.7. The molecule has 0 radical (unpaired) electrons. The maximum absolute atomic E-state index is 13.7. The maximum atomic E-state index is 13.7. The van der Waals surface area contributed by atoms with E-state index in [1.165, 1.54) is 5.39 Å². The lowest BCUT2D eigenvalue weighted by atomic mass is 10.0. The molecule has 2 aliphatic heterocycles. The molecule has 0 spiro atoms. The second kappa shape index (κ2) is 22.7. The van der Waals surface area contributed by atoms with Crippen molar-refractivity contribution in [2.45, 2.75) is 142 Å². The second-order valence-electron chi connectivity index (χ2n) is 19.0. The van der Waals surface area contributed by atoms with Gasteiger partial charge >= 0.3 is 6.09 Å². The van der Waals surface area contributed by atoms with Crippen LogP contribution in [0.15, 0.2) is 36.4 Å². The maximum Gasteiger partial charge on any atom is 0.410 e. The van der Waals surface area contributed by atoms with Gasteiger partial charge in [-0.3, -0.25) is 19.0 Å². The molecular weight excluding hydrogens is 864 g/mol. The number of aromatic nitrogens is 4. The number of aryl methyl sites for hydroxylation is 4. The molecule has 0 bridgehead atoms. The van der Waals surface area contributed by atoms with E-state index >= 15 is 0 Å². The Balaban J connectivity index is 0.000000220. The highest BCUT2D eigenvalue weighted by molar-refractivity contribution is 5.86. The van der Waals surface area contributed by atoms with Crippen LogP contribution in [0.3, 0.4) is 0 Å². The van der Waals surface area contributed by atoms with E-state index in [-0.39, 0.29) is 55.0 Å². The van der Waals surface area contributed by atoms with Crippen molar-refractivity contribution in [3.05, 3.63) is 58.9 Å². The number of methoxy groups -OCH3 is 2. The highest BCUT2D eigenvalue weighted by atomic mass is 35.5. The van der Waals surface area contributed by atoms with Gasteiger partial charge in [0.05, 0.1) is 54.3 Å². The average Bonchev–Trinajstić information content (AvgIpc) is 4.25. The molecule has 2 saturated heterocycles. The molecule has 2 saturated carbocycles. The van der Waals surface area contributed by atoms with E-state index in [1.807, 2.05) is 44.2 Å². The van der Waals surface area contributed by atoms with E-state index in [1.54, 1.807) is 19.1 Å². The predicted molar refractivity (Wildman–Crippen MR) is 256 cm³/mol. The molecule has 0 unspecified atom stereocenters. The first-order valence-electron chi connectivity index (χ1n) is 23.7. The van der Waals surface area contributed by atoms with Gasteiger partial charge < -0.3 is 43.7 Å². The molecule has 66 heavy (non-hydrogen) atoms. The van der Waals surface area contributed by atoms with Gasteiger partial charge in [0, 0.05) is 83.0 Å². The van der Waals surface area contributed by atoms with Crippen molar-refractivity contribution in [2.24, 2.45) is 0 Å². The summed E-state index contributed by atoms with van der Waals surface area (Å²) in [6.45, 7) is 19.7. The zero-order chi connectivity index (χ0) is 46.4. The summed E-state index contributed by atoms with van der Waals surface area (Å²) >= 11 is 0. The number of nitrogens with zero attached hydrogens (tertiary/aromatic N) is 7. The SMILES string of the molecule is COCCCn1nc(C)c2ccc([C@@H](C)N(C(=O)[C@H]3CN(C(=O)OC(C)(C)C)CCO3)C3CC3)cc21.COCCCn1nc(C)c2ccc([C@@H](C)N(C(=O)[C@H]3CNCCO3)C3CC3)cc21.Cl. The van der Waals surface area contributed by atoms with Crippen LogP contribution in [0, 0.1) is 13.8 Å². The molecule has 2 aromatic heterocycles. The van der Waals surface area contributed by atoms with Crippen LogP contribution in [0.2, 0.25) is 0 Å². The number of carbonyl (C=O) groups excluding carboxylic acids is 3. The molecular formula is C49H73ClN8O8. The van der Waals surface area contributed by atoms with Gasteiger partial charge in [-0.15, -0.1) is 12.4 Å². The number of halogens is 1. The van der Waals surface area contributed by atoms with E-state index in [0.29, 0.717) is 39.0 Å². The molecule has 4 atom stereocenters. The Kier molecular flexibility index (Phi) is 17.5. The van der Waals surface area contributed by atoms with Crippen LogP contribution in [0.4, 0.5) is 4.79 Å². The molecule has 2 aromatic carbocycles. The summed E-state index contributed by atoms with van der Waals surface area (Å²) in [5.41, 5.74) is 5.85. The van der Waals surface area contributed by atoms with E-state index in [2.05, 4.69) is 65.1 Å². The fourth-order valence-electron chi connectivity index (χ4n) is 9.04. The van der Waals surface area contributed by atoms with Crippen molar-refractivity contribution in [3.8, 4) is 0 Å². The average molecular weight is 938 g/mol. The van der Waals surface area contributed by atoms with Crippen molar-refractivity contribution >= 4 is 52.1 Å². The molecule has 3 amide bonds. The van der Waals surface area contributed by atoms with Gasteiger partial charge in [-0.2, -0.15) is 10.2 Å². The summed E-state index contributed by atoms with van der Waals surface area (Å²) in [7, 11) is 3.43. The topological polar surface area (TPSA) is 155 Å². The van der Waals surface area contributed by atoms with E-state index in [0.717, 1.165) is 104 Å². The lowest BCUT2D eigenvalue weighted by Crippen LogP contribution is -2.54. The molecule has 4 aromatic rings. The highest BCUT2D eigenvalue weighted by Gasteiger charge is 2.43. The van der Waals surface area contributed by atoms with Gasteiger partial charge in [-0.25, -0.2) is 4.79 Å². The summed E-state index contributed by atoms with van der Waals surface area (Å²) in [5, 5.41) is 15.0. The van der Waals surface area contributed by atoms with E-state index in [9.17, 15) is 14.4 Å². The van der Waals surface area contributed by atoms with Crippen molar-refractivity contribution in [1.82, 2.24) is 39.6 Å². The Morgan fingerprint density at radius 1 is 0.773 bits per heavy atom. The third kappa shape index (κ3) is 12.4. The van der Waals surface area contributed by atoms with Gasteiger partial charge in [0.2, 0.25) is 0 Å². The molecule has 17 heteroatoms. The highest BCUT2D eigenvalue weighted by Crippen LogP contribution is 2.38. The summed E-state index contributed by atoms with van der Waals surface area (Å²) in [6.07, 6.45) is 4.44. The minimum absolute atomic E-state index is 0. The van der Waals surface area contributed by atoms with Gasteiger partial charge in [0.25, 0.3) is 11.8 Å². The smallest absolute Gasteiger partial charge is 0.410 e. The molecule has 8 rings (SSSR count). The molecule has 4 aliphatic rings. The number of ether oxygens (including phenoxy) is 5. The number of hydrogen-bond donors (Lipinski definition) is 1. The van der Waals surface area contributed by atoms with Gasteiger partial charge in [-0.1, -0.05) is 24.3 Å². The quantitative estimate of drug-likeness (QED) is 0.117. The molecule has 4 heterocycles. The Hall–Kier alpha value is -4.32. The number of rotatable bonds is 16. The van der Waals surface area contributed by atoms with Gasteiger partial charge in [-0.05, 0) is 110 Å². The number of carbonyl (C=O) groups is 3. The first kappa shape index (κ1) is 51.1. The lowest BCUT2D eigenvalue weighted by molar-refractivity contribution is -0.152. The standard InChI is InChI=1S/C27H40N4O5.C22H32N4O3.ClH/c1-18-22-11-8-20(16-23(22)30(28-18)12-7-14-34-6)19(2)31(21-9-10-21)25(32)24-17-29(13-15-35-24)26(33)36-27(3,4)5;1-15-19-8-5-17(13-20(19)25(24-15)10-4-11-28-3)16(2)26(18-6-7-18)22(27)21-14-23-9-12-29-21;/h8,11,16,19,21,24H,7,9-10,12-15,17H2,1-6H3;5,8,13,16,18,21,23H,4,6-7,9-12,14H2,1-3H3;1H/t19-,24-;16-,21-;/m11./s1. The third-order valence-corrected chi connectivity index (χ3v) is 12.7. The minimum Gasteiger partial charge on any atom is -0.444 e. The zero-order valence-electron chi connectivity index (χ0n) is 40.5. The number of benzene rings is 2. The van der Waals surface area contributed by atoms with E-state index in [4.69, 9.17) is 33.9 Å². The van der Waals surface area contributed by atoms with Crippen LogP contribution in [0.25, 0.3) is 21.8 Å². The Morgan fingerprint density at radius 2 is 1.26 bits per heavy atom. The fraction of sp³-hybridized carbons (Fsp3) is 0.653. The fourth-order valence-corrected chi connectivity index (χ4v) is 9.04. The van der Waals surface area contributed by atoms with Crippen LogP contribution in [0.1, 0.15) is 108 Å². The molecule has 2 aliphatic carbocycles. The van der Waals surface area contributed by atoms with Crippen LogP contribution in [-0.2, 0) is 46.4 Å². The van der Waals surface area contributed by atoms with Crippen molar-refractivity contribution in [2.75, 3.05) is 66.8 Å². The number of hydrogen-bond acceptors (Lipinski definition) is 11.